The number of aliphatic carboxylic acids is 2. The van der Waals surface area contributed by atoms with Gasteiger partial charge < -0.3 is 19.7 Å². The highest BCUT2D eigenvalue weighted by Crippen LogP contribution is 2.77. The molecule has 5 aliphatic carbocycles. The Morgan fingerprint density at radius 1 is 0.717 bits per heavy atom. The fourth-order valence-electron chi connectivity index (χ4n) is 12.7. The van der Waals surface area contributed by atoms with E-state index < -0.39 is 23.9 Å². The molecule has 0 radical (unpaired) electrons. The number of rotatable bonds is 10. The second-order valence-electron chi connectivity index (χ2n) is 17.3. The quantitative estimate of drug-likeness (QED) is 0.182. The Kier molecular flexibility index (Phi) is 9.31. The van der Waals surface area contributed by atoms with Gasteiger partial charge in [0.15, 0.2) is 0 Å². The van der Waals surface area contributed by atoms with Gasteiger partial charge in [0, 0.05) is 10.8 Å². The van der Waals surface area contributed by atoms with E-state index in [9.17, 15) is 19.2 Å². The molecule has 0 aromatic carbocycles. The summed E-state index contributed by atoms with van der Waals surface area (Å²) in [5, 5.41) is 18.1. The zero-order valence-corrected chi connectivity index (χ0v) is 29.1. The van der Waals surface area contributed by atoms with E-state index >= 15 is 0 Å². The molecular formula is C38H58O8. The molecule has 5 fully saturated rings. The maximum Gasteiger partial charge on any atom is 0.306 e. The standard InChI is InChI=1S/C38H58O8/c1-23(2)24-14-19-38(22-45-31(43)12-10-29(39)40)21-20-36(6)25(33(24)38)8-9-27-35(5)17-16-28(46-32(44)13-11-30(41)42)34(3,4)26(35)15-18-37(27,36)7/h24-28,33H,1,8-22H2,2-7H3,(H,39,40)(H,41,42)/t24-,25?,26?,27?,28?,33?,35-,36+,37+,38?/m0/s1. The number of carbonyl (C=O) groups excluding carboxylic acids is 2. The van der Waals surface area contributed by atoms with E-state index in [1.54, 1.807) is 0 Å². The third-order valence-corrected chi connectivity index (χ3v) is 15.1. The smallest absolute Gasteiger partial charge is 0.306 e. The van der Waals surface area contributed by atoms with Crippen LogP contribution in [0.1, 0.15) is 131 Å². The molecule has 8 heteroatoms. The normalized spacial score (nSPS) is 42.4. The van der Waals surface area contributed by atoms with Crippen LogP contribution in [-0.4, -0.2) is 46.8 Å². The Hall–Kier alpha value is -2.38. The maximum atomic E-state index is 12.6. The molecular weight excluding hydrogens is 584 g/mol. The average Bonchev–Trinajstić information content (AvgIpc) is 3.36. The van der Waals surface area contributed by atoms with Gasteiger partial charge in [-0.05, 0) is 117 Å². The largest absolute Gasteiger partial charge is 0.481 e. The second kappa shape index (κ2) is 12.3. The van der Waals surface area contributed by atoms with Crippen LogP contribution < -0.4 is 0 Å². The first-order chi connectivity index (χ1) is 21.4. The predicted octanol–water partition coefficient (Wildman–Crippen LogP) is 7.83. The van der Waals surface area contributed by atoms with E-state index in [1.807, 2.05) is 0 Å². The van der Waals surface area contributed by atoms with Crippen LogP contribution in [0.5, 0.6) is 0 Å². The highest BCUT2D eigenvalue weighted by atomic mass is 16.5. The molecule has 0 amide bonds. The molecule has 258 valence electrons. The van der Waals surface area contributed by atoms with Crippen LogP contribution in [0.4, 0.5) is 0 Å². The molecule has 0 aliphatic heterocycles. The van der Waals surface area contributed by atoms with E-state index in [-0.39, 0.29) is 58.9 Å². The van der Waals surface area contributed by atoms with Crippen LogP contribution >= 0.6 is 0 Å². The Balaban J connectivity index is 1.38. The van der Waals surface area contributed by atoms with Crippen LogP contribution in [-0.2, 0) is 28.7 Å². The monoisotopic (exact) mass is 642 g/mol. The molecule has 0 bridgehead atoms. The highest BCUT2D eigenvalue weighted by molar-refractivity contribution is 5.77. The maximum absolute atomic E-state index is 12.6. The van der Waals surface area contributed by atoms with Gasteiger partial charge >= 0.3 is 23.9 Å². The minimum Gasteiger partial charge on any atom is -0.481 e. The molecule has 0 aromatic rings. The van der Waals surface area contributed by atoms with Gasteiger partial charge in [-0.1, -0.05) is 46.8 Å². The lowest BCUT2D eigenvalue weighted by atomic mass is 9.32. The Bertz CT molecular complexity index is 1250. The molecule has 0 heterocycles. The SMILES string of the molecule is C=C(C)[C@@H]1CCC2(COC(=O)CCC(=O)O)CC[C@]3(C)C(CCC4[C@@]5(C)CCC(OC(=O)CCC(=O)O)C(C)(C)C5CC[C@]43C)C12. The topological polar surface area (TPSA) is 127 Å². The van der Waals surface area contributed by atoms with Gasteiger partial charge in [-0.15, -0.1) is 0 Å². The molecule has 46 heavy (non-hydrogen) atoms. The summed E-state index contributed by atoms with van der Waals surface area (Å²) in [6.45, 7) is 19.2. The second-order valence-corrected chi connectivity index (χ2v) is 17.3. The first-order valence-electron chi connectivity index (χ1n) is 17.9. The van der Waals surface area contributed by atoms with Crippen molar-refractivity contribution in [3.63, 3.8) is 0 Å². The minimum absolute atomic E-state index is 0.0818. The molecule has 10 atom stereocenters. The zero-order chi connectivity index (χ0) is 33.9. The lowest BCUT2D eigenvalue weighted by molar-refractivity contribution is -0.252. The third-order valence-electron chi connectivity index (χ3n) is 15.1. The number of allylic oxidation sites excluding steroid dienone is 1. The number of hydrogen-bond donors (Lipinski definition) is 2. The number of fused-ring (bicyclic) bond motifs is 7. The van der Waals surface area contributed by atoms with Gasteiger partial charge in [-0.2, -0.15) is 0 Å². The number of esters is 2. The molecule has 5 rings (SSSR count). The summed E-state index contributed by atoms with van der Waals surface area (Å²) in [7, 11) is 0. The number of hydrogen-bond acceptors (Lipinski definition) is 6. The molecule has 5 saturated carbocycles. The fraction of sp³-hybridized carbons (Fsp3) is 0.842. The van der Waals surface area contributed by atoms with Gasteiger partial charge in [-0.3, -0.25) is 19.2 Å². The van der Waals surface area contributed by atoms with Crippen LogP contribution in [0.25, 0.3) is 0 Å². The fourth-order valence-corrected chi connectivity index (χ4v) is 12.7. The number of carbonyl (C=O) groups is 4. The van der Waals surface area contributed by atoms with E-state index in [4.69, 9.17) is 19.7 Å². The van der Waals surface area contributed by atoms with Crippen LogP contribution in [0.2, 0.25) is 0 Å². The van der Waals surface area contributed by atoms with Crippen molar-refractivity contribution in [2.45, 2.75) is 138 Å². The van der Waals surface area contributed by atoms with Crippen molar-refractivity contribution < 1.29 is 38.9 Å². The number of carboxylic acid groups (broad SMARTS) is 2. The van der Waals surface area contributed by atoms with Gasteiger partial charge in [-0.25, -0.2) is 0 Å². The van der Waals surface area contributed by atoms with Crippen molar-refractivity contribution in [1.82, 2.24) is 0 Å². The molecule has 2 N–H and O–H groups in total. The Morgan fingerprint density at radius 2 is 1.37 bits per heavy atom. The molecule has 0 aromatic heterocycles. The first kappa shape index (κ1) is 34.9. The number of ether oxygens (including phenoxy) is 2. The summed E-state index contributed by atoms with van der Waals surface area (Å²) in [5.74, 6) is -0.505. The Morgan fingerprint density at radius 3 is 2.00 bits per heavy atom. The summed E-state index contributed by atoms with van der Waals surface area (Å²) in [4.78, 5) is 47.3. The van der Waals surface area contributed by atoms with Crippen molar-refractivity contribution >= 4 is 23.9 Å². The van der Waals surface area contributed by atoms with Crippen molar-refractivity contribution in [3.8, 4) is 0 Å². The molecule has 6 unspecified atom stereocenters. The van der Waals surface area contributed by atoms with Crippen molar-refractivity contribution in [2.75, 3.05) is 6.61 Å². The summed E-state index contributed by atoms with van der Waals surface area (Å²) in [6.07, 6.45) is 9.79. The zero-order valence-electron chi connectivity index (χ0n) is 29.1. The van der Waals surface area contributed by atoms with E-state index in [0.29, 0.717) is 36.2 Å². The van der Waals surface area contributed by atoms with Gasteiger partial charge in [0.05, 0.1) is 32.3 Å². The Labute approximate surface area is 275 Å². The van der Waals surface area contributed by atoms with Crippen LogP contribution in [0.3, 0.4) is 0 Å². The van der Waals surface area contributed by atoms with Crippen molar-refractivity contribution in [1.29, 1.82) is 0 Å². The summed E-state index contributed by atoms with van der Waals surface area (Å²) < 4.78 is 11.9. The van der Waals surface area contributed by atoms with Gasteiger partial charge in [0.25, 0.3) is 0 Å². The average molecular weight is 643 g/mol. The molecule has 0 spiro atoms. The van der Waals surface area contributed by atoms with Crippen molar-refractivity contribution in [2.24, 2.45) is 56.7 Å². The van der Waals surface area contributed by atoms with E-state index in [0.717, 1.165) is 64.2 Å². The first-order valence-corrected chi connectivity index (χ1v) is 17.9. The summed E-state index contributed by atoms with van der Waals surface area (Å²) in [5.41, 5.74) is 1.35. The third kappa shape index (κ3) is 5.61. The van der Waals surface area contributed by atoms with Gasteiger partial charge in [0.2, 0.25) is 0 Å². The highest BCUT2D eigenvalue weighted by Gasteiger charge is 2.71. The molecule has 0 saturated heterocycles. The molecule has 8 nitrogen and oxygen atoms in total. The minimum atomic E-state index is -0.980. The van der Waals surface area contributed by atoms with Crippen molar-refractivity contribution in [3.05, 3.63) is 12.2 Å². The predicted molar refractivity (Wildman–Crippen MR) is 174 cm³/mol. The summed E-state index contributed by atoms with van der Waals surface area (Å²) in [6, 6.07) is 0. The van der Waals surface area contributed by atoms with Crippen LogP contribution in [0.15, 0.2) is 12.2 Å². The van der Waals surface area contributed by atoms with Gasteiger partial charge in [0.1, 0.15) is 6.10 Å². The lowest BCUT2D eigenvalue weighted by Crippen LogP contribution is -2.67. The van der Waals surface area contributed by atoms with Crippen LogP contribution in [0, 0.1) is 56.7 Å². The van der Waals surface area contributed by atoms with E-state index in [1.165, 1.54) is 5.57 Å². The number of carboxylic acids is 2. The lowest BCUT2D eigenvalue weighted by Gasteiger charge is -2.73. The van der Waals surface area contributed by atoms with E-state index in [2.05, 4.69) is 48.1 Å². The molecule has 5 aliphatic rings. The summed E-state index contributed by atoms with van der Waals surface area (Å²) >= 11 is 0.